The van der Waals surface area contributed by atoms with Gasteiger partial charge >= 0.3 is 0 Å². The van der Waals surface area contributed by atoms with E-state index in [4.69, 9.17) is 32.1 Å². The van der Waals surface area contributed by atoms with Crippen molar-refractivity contribution < 1.29 is 4.74 Å². The van der Waals surface area contributed by atoms with Crippen molar-refractivity contribution in [1.29, 1.82) is 15.8 Å². The molecule has 82 valence electrons. The maximum atomic E-state index is 8.66. The van der Waals surface area contributed by atoms with E-state index in [1.54, 1.807) is 30.3 Å². The van der Waals surface area contributed by atoms with E-state index in [9.17, 15) is 0 Å². The molecule has 0 unspecified atom stereocenters. The topological polar surface area (TPSA) is 80.6 Å². The molecular weight excluding hydrogens is 238 g/mol. The van der Waals surface area contributed by atoms with Crippen LogP contribution in [0.5, 0.6) is 5.75 Å². The zero-order valence-electron chi connectivity index (χ0n) is 8.64. The van der Waals surface area contributed by atoms with Crippen LogP contribution in [-0.4, -0.2) is 6.61 Å². The molecule has 5 heteroatoms. The Labute approximate surface area is 104 Å². The van der Waals surface area contributed by atoms with Crippen LogP contribution in [0.15, 0.2) is 23.8 Å². The number of halogens is 1. The second-order valence-electron chi connectivity index (χ2n) is 2.91. The minimum atomic E-state index is -0.114. The van der Waals surface area contributed by atoms with Gasteiger partial charge in [-0.2, -0.15) is 15.8 Å². The largest absolute Gasteiger partial charge is 0.478 e. The Balaban J connectivity index is 3.18. The summed E-state index contributed by atoms with van der Waals surface area (Å²) in [6, 6.07) is 10.1. The van der Waals surface area contributed by atoms with E-state index < -0.39 is 0 Å². The van der Waals surface area contributed by atoms with Crippen LogP contribution in [-0.2, 0) is 0 Å². The van der Waals surface area contributed by atoms with Gasteiger partial charge in [0, 0.05) is 10.6 Å². The van der Waals surface area contributed by atoms with Gasteiger partial charge < -0.3 is 4.74 Å². The Bertz CT molecular complexity index is 557. The molecule has 0 aliphatic heterocycles. The summed E-state index contributed by atoms with van der Waals surface area (Å²) < 4.78 is 5.15. The predicted octanol–water partition coefficient (Wildman–Crippen LogP) is 2.67. The van der Waals surface area contributed by atoms with Gasteiger partial charge in [-0.05, 0) is 24.3 Å². The Morgan fingerprint density at radius 2 is 2.00 bits per heavy atom. The van der Waals surface area contributed by atoms with Gasteiger partial charge in [0.05, 0.1) is 0 Å². The maximum absolute atomic E-state index is 8.66. The number of allylic oxidation sites excluding steroid dienone is 1. The third-order valence-electron chi connectivity index (χ3n) is 1.80. The zero-order valence-corrected chi connectivity index (χ0v) is 9.40. The lowest BCUT2D eigenvalue weighted by molar-refractivity contribution is 0.367. The quantitative estimate of drug-likeness (QED) is 0.765. The molecule has 1 aromatic carbocycles. The molecular formula is C12H6ClN3O. The molecule has 0 aromatic heterocycles. The van der Waals surface area contributed by atoms with Crippen molar-refractivity contribution in [1.82, 2.24) is 0 Å². The van der Waals surface area contributed by atoms with Gasteiger partial charge in [-0.1, -0.05) is 11.6 Å². The SMILES string of the molecule is N#CCOc1ccc(Cl)cc1C=C(C#N)C#N. The first-order chi connectivity index (χ1) is 8.21. The second kappa shape index (κ2) is 6.18. The second-order valence-corrected chi connectivity index (χ2v) is 3.35. The first kappa shape index (κ1) is 12.6. The fourth-order valence-corrected chi connectivity index (χ4v) is 1.30. The normalized spacial score (nSPS) is 8.35. The number of nitrogens with zero attached hydrogens (tertiary/aromatic N) is 3. The average Bonchev–Trinajstić information content (AvgIpc) is 2.35. The molecule has 0 radical (unpaired) electrons. The van der Waals surface area contributed by atoms with Crippen molar-refractivity contribution in [3.8, 4) is 24.0 Å². The number of rotatable bonds is 3. The van der Waals surface area contributed by atoms with Crippen molar-refractivity contribution in [2.45, 2.75) is 0 Å². The van der Waals surface area contributed by atoms with Crippen LogP contribution < -0.4 is 4.74 Å². The van der Waals surface area contributed by atoms with E-state index in [1.807, 2.05) is 6.07 Å². The van der Waals surface area contributed by atoms with E-state index in [2.05, 4.69) is 0 Å². The molecule has 1 aromatic rings. The van der Waals surface area contributed by atoms with Gasteiger partial charge in [-0.25, -0.2) is 0 Å². The highest BCUT2D eigenvalue weighted by atomic mass is 35.5. The number of hydrogen-bond acceptors (Lipinski definition) is 4. The van der Waals surface area contributed by atoms with E-state index in [0.29, 0.717) is 16.3 Å². The Morgan fingerprint density at radius 1 is 1.29 bits per heavy atom. The van der Waals surface area contributed by atoms with Crippen LogP contribution in [0.3, 0.4) is 0 Å². The molecule has 17 heavy (non-hydrogen) atoms. The number of benzene rings is 1. The number of nitriles is 3. The molecule has 0 amide bonds. The molecule has 0 bridgehead atoms. The molecule has 0 saturated carbocycles. The van der Waals surface area contributed by atoms with E-state index >= 15 is 0 Å². The highest BCUT2D eigenvalue weighted by Gasteiger charge is 2.04. The van der Waals surface area contributed by atoms with Crippen LogP contribution in [0.1, 0.15) is 5.56 Å². The fourth-order valence-electron chi connectivity index (χ4n) is 1.12. The van der Waals surface area contributed by atoms with Crippen molar-refractivity contribution >= 4 is 17.7 Å². The van der Waals surface area contributed by atoms with E-state index in [-0.39, 0.29) is 12.2 Å². The third kappa shape index (κ3) is 3.54. The van der Waals surface area contributed by atoms with E-state index in [1.165, 1.54) is 6.08 Å². The van der Waals surface area contributed by atoms with Gasteiger partial charge in [0.2, 0.25) is 0 Å². The molecule has 0 fully saturated rings. The Hall–Kier alpha value is -2.48. The third-order valence-corrected chi connectivity index (χ3v) is 2.04. The Kier molecular flexibility index (Phi) is 4.58. The molecule has 0 spiro atoms. The number of hydrogen-bond donors (Lipinski definition) is 0. The molecule has 0 aliphatic carbocycles. The molecule has 0 heterocycles. The summed E-state index contributed by atoms with van der Waals surface area (Å²) in [5.41, 5.74) is 0.430. The van der Waals surface area contributed by atoms with Crippen molar-refractivity contribution in [3.63, 3.8) is 0 Å². The first-order valence-corrected chi connectivity index (χ1v) is 4.90. The summed E-state index contributed by atoms with van der Waals surface area (Å²) in [5.74, 6) is 0.402. The van der Waals surface area contributed by atoms with Crippen LogP contribution >= 0.6 is 11.6 Å². The van der Waals surface area contributed by atoms with Gasteiger partial charge in [0.15, 0.2) is 6.61 Å². The standard InChI is InChI=1S/C12H6ClN3O/c13-11-1-2-12(17-4-3-14)10(6-11)5-9(7-15)8-16/h1-2,5-6H,4H2. The molecule has 4 nitrogen and oxygen atoms in total. The van der Waals surface area contributed by atoms with Gasteiger partial charge in [-0.3, -0.25) is 0 Å². The van der Waals surface area contributed by atoms with E-state index in [0.717, 1.165) is 0 Å². The van der Waals surface area contributed by atoms with Crippen LogP contribution in [0.2, 0.25) is 5.02 Å². The van der Waals surface area contributed by atoms with Crippen molar-refractivity contribution in [2.75, 3.05) is 6.61 Å². The lowest BCUT2D eigenvalue weighted by Crippen LogP contribution is -1.95. The summed E-state index contributed by atoms with van der Waals surface area (Å²) in [5, 5.41) is 26.2. The summed E-state index contributed by atoms with van der Waals surface area (Å²) in [6.45, 7) is -0.114. The van der Waals surface area contributed by atoms with Gasteiger partial charge in [0.25, 0.3) is 0 Å². The first-order valence-electron chi connectivity index (χ1n) is 4.52. The summed E-state index contributed by atoms with van der Waals surface area (Å²) in [7, 11) is 0. The van der Waals surface area contributed by atoms with Crippen LogP contribution in [0.4, 0.5) is 0 Å². The van der Waals surface area contributed by atoms with Crippen molar-refractivity contribution in [3.05, 3.63) is 34.4 Å². The highest BCUT2D eigenvalue weighted by molar-refractivity contribution is 6.30. The van der Waals surface area contributed by atoms with Crippen molar-refractivity contribution in [2.24, 2.45) is 0 Å². The number of ether oxygens (including phenoxy) is 1. The minimum absolute atomic E-state index is 0.0610. The maximum Gasteiger partial charge on any atom is 0.174 e. The van der Waals surface area contributed by atoms with Gasteiger partial charge in [0.1, 0.15) is 29.5 Å². The van der Waals surface area contributed by atoms with Crippen LogP contribution in [0, 0.1) is 34.0 Å². The summed E-state index contributed by atoms with van der Waals surface area (Å²) in [6.07, 6.45) is 1.36. The highest BCUT2D eigenvalue weighted by Crippen LogP contribution is 2.25. The fraction of sp³-hybridized carbons (Fsp3) is 0.0833. The van der Waals surface area contributed by atoms with Crippen LogP contribution in [0.25, 0.3) is 6.08 Å². The monoisotopic (exact) mass is 243 g/mol. The smallest absolute Gasteiger partial charge is 0.174 e. The summed E-state index contributed by atoms with van der Waals surface area (Å²) in [4.78, 5) is 0. The average molecular weight is 244 g/mol. The lowest BCUT2D eigenvalue weighted by atomic mass is 10.1. The molecule has 0 atom stereocenters. The summed E-state index contributed by atoms with van der Waals surface area (Å²) >= 11 is 5.81. The molecule has 0 aliphatic rings. The molecule has 0 saturated heterocycles. The zero-order chi connectivity index (χ0) is 12.7. The van der Waals surface area contributed by atoms with Gasteiger partial charge in [-0.15, -0.1) is 0 Å². The molecule has 1 rings (SSSR count). The lowest BCUT2D eigenvalue weighted by Gasteiger charge is -2.06. The molecule has 0 N–H and O–H groups in total. The minimum Gasteiger partial charge on any atom is -0.478 e. The Morgan fingerprint density at radius 3 is 2.59 bits per heavy atom. The predicted molar refractivity (Wildman–Crippen MR) is 61.8 cm³/mol.